The van der Waals surface area contributed by atoms with Gasteiger partial charge in [-0.1, -0.05) is 50.1 Å². The fourth-order valence-corrected chi connectivity index (χ4v) is 2.18. The van der Waals surface area contributed by atoms with Gasteiger partial charge in [-0.25, -0.2) is 0 Å². The van der Waals surface area contributed by atoms with E-state index in [4.69, 9.17) is 4.74 Å². The highest BCUT2D eigenvalue weighted by molar-refractivity contribution is 5.70. The maximum atomic E-state index is 11.1. The van der Waals surface area contributed by atoms with Gasteiger partial charge in [0.25, 0.3) is 0 Å². The standard InChI is InChI=1S/C18H28O2/c1-2-3-4-5-6-7-8-9-10-11-12-14-17-15-13-16-18(19)20-17/h6-7,9-10,12,14,17H,2-5,8,11,13,15-16H2,1H3/b7-6-,10-9-,14-12-. The fraction of sp³-hybridized carbons (Fsp3) is 0.611. The van der Waals surface area contributed by atoms with Crippen LogP contribution < -0.4 is 0 Å². The molecule has 0 aromatic rings. The second-order valence-corrected chi connectivity index (χ2v) is 5.26. The van der Waals surface area contributed by atoms with Gasteiger partial charge in [0.1, 0.15) is 6.10 Å². The highest BCUT2D eigenvalue weighted by atomic mass is 16.5. The Morgan fingerprint density at radius 1 is 1.10 bits per heavy atom. The highest BCUT2D eigenvalue weighted by Gasteiger charge is 2.16. The van der Waals surface area contributed by atoms with Gasteiger partial charge in [0.2, 0.25) is 0 Å². The van der Waals surface area contributed by atoms with Crippen molar-refractivity contribution in [2.24, 2.45) is 0 Å². The lowest BCUT2D eigenvalue weighted by molar-refractivity contribution is -0.150. The number of hydrogen-bond acceptors (Lipinski definition) is 2. The third-order valence-corrected chi connectivity index (χ3v) is 3.36. The van der Waals surface area contributed by atoms with Crippen molar-refractivity contribution in [2.75, 3.05) is 0 Å². The summed E-state index contributed by atoms with van der Waals surface area (Å²) >= 11 is 0. The Labute approximate surface area is 123 Å². The molecule has 0 aliphatic carbocycles. The quantitative estimate of drug-likeness (QED) is 0.332. The summed E-state index contributed by atoms with van der Waals surface area (Å²) in [5, 5.41) is 0. The number of esters is 1. The van der Waals surface area contributed by atoms with E-state index in [1.165, 1.54) is 25.7 Å². The fourth-order valence-electron chi connectivity index (χ4n) is 2.18. The summed E-state index contributed by atoms with van der Waals surface area (Å²) in [6, 6.07) is 0. The Morgan fingerprint density at radius 2 is 1.85 bits per heavy atom. The van der Waals surface area contributed by atoms with Crippen molar-refractivity contribution in [1.29, 1.82) is 0 Å². The van der Waals surface area contributed by atoms with Crippen molar-refractivity contribution >= 4 is 5.97 Å². The van der Waals surface area contributed by atoms with E-state index in [0.717, 1.165) is 25.7 Å². The molecule has 0 aromatic carbocycles. The van der Waals surface area contributed by atoms with Crippen molar-refractivity contribution in [2.45, 2.75) is 70.8 Å². The maximum Gasteiger partial charge on any atom is 0.306 e. The summed E-state index contributed by atoms with van der Waals surface area (Å²) < 4.78 is 5.22. The van der Waals surface area contributed by atoms with Gasteiger partial charge in [0.15, 0.2) is 0 Å². The summed E-state index contributed by atoms with van der Waals surface area (Å²) in [4.78, 5) is 11.1. The molecule has 1 fully saturated rings. The zero-order valence-corrected chi connectivity index (χ0v) is 12.7. The van der Waals surface area contributed by atoms with E-state index >= 15 is 0 Å². The molecule has 1 aliphatic heterocycles. The van der Waals surface area contributed by atoms with Crippen LogP contribution in [0.1, 0.15) is 64.7 Å². The van der Waals surface area contributed by atoms with Crippen LogP contribution in [-0.2, 0) is 9.53 Å². The highest BCUT2D eigenvalue weighted by Crippen LogP contribution is 2.15. The molecule has 0 saturated carbocycles. The number of carbonyl (C=O) groups excluding carboxylic acids is 1. The van der Waals surface area contributed by atoms with Crippen LogP contribution in [0.5, 0.6) is 0 Å². The Morgan fingerprint density at radius 3 is 2.60 bits per heavy atom. The van der Waals surface area contributed by atoms with Crippen LogP contribution in [0, 0.1) is 0 Å². The molecule has 1 aliphatic rings. The Kier molecular flexibility index (Phi) is 9.64. The maximum absolute atomic E-state index is 11.1. The topological polar surface area (TPSA) is 26.3 Å². The minimum Gasteiger partial charge on any atom is -0.458 e. The third kappa shape index (κ3) is 8.73. The molecule has 1 unspecified atom stereocenters. The molecule has 1 heterocycles. The SMILES string of the molecule is CCCCC/C=C\C/C=C\C/C=C\C1CCCC(=O)O1. The molecule has 2 heteroatoms. The van der Waals surface area contributed by atoms with Crippen molar-refractivity contribution in [1.82, 2.24) is 0 Å². The number of carbonyl (C=O) groups is 1. The van der Waals surface area contributed by atoms with Crippen molar-refractivity contribution < 1.29 is 9.53 Å². The average molecular weight is 276 g/mol. The van der Waals surface area contributed by atoms with Crippen molar-refractivity contribution in [3.63, 3.8) is 0 Å². The molecule has 20 heavy (non-hydrogen) atoms. The van der Waals surface area contributed by atoms with Gasteiger partial charge in [-0.2, -0.15) is 0 Å². The van der Waals surface area contributed by atoms with E-state index in [2.05, 4.69) is 37.3 Å². The summed E-state index contributed by atoms with van der Waals surface area (Å²) in [6.45, 7) is 2.23. The monoisotopic (exact) mass is 276 g/mol. The average Bonchev–Trinajstić information content (AvgIpc) is 2.45. The molecule has 0 amide bonds. The molecule has 0 N–H and O–H groups in total. The lowest BCUT2D eigenvalue weighted by Gasteiger charge is -2.18. The predicted octanol–water partition coefficient (Wildman–Crippen LogP) is 5.11. The van der Waals surface area contributed by atoms with E-state index < -0.39 is 0 Å². The largest absolute Gasteiger partial charge is 0.458 e. The molecule has 2 nitrogen and oxygen atoms in total. The molecule has 1 saturated heterocycles. The lowest BCUT2D eigenvalue weighted by Crippen LogP contribution is -2.21. The number of rotatable bonds is 9. The molecule has 1 rings (SSSR count). The minimum absolute atomic E-state index is 0.00288. The normalized spacial score (nSPS) is 20.2. The van der Waals surface area contributed by atoms with Gasteiger partial charge in [0.05, 0.1) is 0 Å². The number of unbranched alkanes of at least 4 members (excludes halogenated alkanes) is 3. The first-order valence-electron chi connectivity index (χ1n) is 7.99. The Balaban J connectivity index is 2.02. The lowest BCUT2D eigenvalue weighted by atomic mass is 10.1. The Bertz CT molecular complexity index is 339. The van der Waals surface area contributed by atoms with Gasteiger partial charge >= 0.3 is 5.97 Å². The predicted molar refractivity (Wildman–Crippen MR) is 84.5 cm³/mol. The minimum atomic E-state index is -0.0605. The molecular weight excluding hydrogens is 248 g/mol. The van der Waals surface area contributed by atoms with Crippen LogP contribution in [0.4, 0.5) is 0 Å². The first-order chi connectivity index (χ1) is 9.83. The van der Waals surface area contributed by atoms with E-state index in [0.29, 0.717) is 6.42 Å². The number of hydrogen-bond donors (Lipinski definition) is 0. The van der Waals surface area contributed by atoms with Crippen LogP contribution in [0.25, 0.3) is 0 Å². The zero-order chi connectivity index (χ0) is 14.5. The number of allylic oxidation sites excluding steroid dienone is 5. The van der Waals surface area contributed by atoms with Crippen LogP contribution in [-0.4, -0.2) is 12.1 Å². The molecule has 112 valence electrons. The van der Waals surface area contributed by atoms with E-state index in [9.17, 15) is 4.79 Å². The van der Waals surface area contributed by atoms with E-state index in [1.807, 2.05) is 6.08 Å². The molecule has 1 atom stereocenters. The van der Waals surface area contributed by atoms with Crippen LogP contribution in [0.2, 0.25) is 0 Å². The summed E-state index contributed by atoms with van der Waals surface area (Å²) in [5.74, 6) is -0.0605. The van der Waals surface area contributed by atoms with E-state index in [-0.39, 0.29) is 12.1 Å². The summed E-state index contributed by atoms with van der Waals surface area (Å²) in [7, 11) is 0. The summed E-state index contributed by atoms with van der Waals surface area (Å²) in [5.41, 5.74) is 0. The first kappa shape index (κ1) is 16.7. The molecular formula is C18H28O2. The third-order valence-electron chi connectivity index (χ3n) is 3.36. The molecule has 0 radical (unpaired) electrons. The van der Waals surface area contributed by atoms with Crippen LogP contribution in [0.3, 0.4) is 0 Å². The Hall–Kier alpha value is -1.31. The van der Waals surface area contributed by atoms with Gasteiger partial charge in [0, 0.05) is 6.42 Å². The van der Waals surface area contributed by atoms with Gasteiger partial charge < -0.3 is 4.74 Å². The van der Waals surface area contributed by atoms with E-state index in [1.54, 1.807) is 0 Å². The van der Waals surface area contributed by atoms with Gasteiger partial charge in [-0.15, -0.1) is 0 Å². The summed E-state index contributed by atoms with van der Waals surface area (Å²) in [6.07, 6.45) is 22.5. The number of cyclic esters (lactones) is 1. The second kappa shape index (κ2) is 11.5. The molecule has 0 bridgehead atoms. The van der Waals surface area contributed by atoms with Gasteiger partial charge in [-0.05, 0) is 44.6 Å². The van der Waals surface area contributed by atoms with Crippen molar-refractivity contribution in [3.05, 3.63) is 36.5 Å². The zero-order valence-electron chi connectivity index (χ0n) is 12.7. The number of ether oxygens (including phenoxy) is 1. The van der Waals surface area contributed by atoms with Crippen LogP contribution in [0.15, 0.2) is 36.5 Å². The first-order valence-corrected chi connectivity index (χ1v) is 7.99. The van der Waals surface area contributed by atoms with Crippen LogP contribution >= 0.6 is 0 Å². The second-order valence-electron chi connectivity index (χ2n) is 5.26. The van der Waals surface area contributed by atoms with Gasteiger partial charge in [-0.3, -0.25) is 4.79 Å². The smallest absolute Gasteiger partial charge is 0.306 e. The molecule has 0 spiro atoms. The molecule has 0 aromatic heterocycles. The van der Waals surface area contributed by atoms with Crippen molar-refractivity contribution in [3.8, 4) is 0 Å².